The van der Waals surface area contributed by atoms with E-state index in [0.29, 0.717) is 19.8 Å². The van der Waals surface area contributed by atoms with Crippen molar-refractivity contribution in [3.63, 3.8) is 0 Å². The Bertz CT molecular complexity index is 669. The average Bonchev–Trinajstić information content (AvgIpc) is 2.97. The summed E-state index contributed by atoms with van der Waals surface area (Å²) in [6.07, 6.45) is 0.949. The van der Waals surface area contributed by atoms with Crippen molar-refractivity contribution in [2.75, 3.05) is 26.9 Å². The third-order valence-electron chi connectivity index (χ3n) is 4.34. The fourth-order valence-electron chi connectivity index (χ4n) is 2.96. The van der Waals surface area contributed by atoms with Crippen LogP contribution in [0.1, 0.15) is 0 Å². The maximum absolute atomic E-state index is 12.2. The highest BCUT2D eigenvalue weighted by atomic mass is 16.5. The van der Waals surface area contributed by atoms with Gasteiger partial charge in [0.2, 0.25) is 5.91 Å². The van der Waals surface area contributed by atoms with Crippen molar-refractivity contribution in [1.29, 1.82) is 0 Å². The second kappa shape index (κ2) is 7.12. The molecule has 3 rings (SSSR count). The van der Waals surface area contributed by atoms with Crippen LogP contribution in [0.2, 0.25) is 0 Å². The Labute approximate surface area is 135 Å². The minimum atomic E-state index is -0.624. The molecule has 2 heterocycles. The molecule has 1 aliphatic heterocycles. The van der Waals surface area contributed by atoms with Crippen molar-refractivity contribution in [1.82, 2.24) is 9.88 Å². The second-order valence-corrected chi connectivity index (χ2v) is 5.87. The summed E-state index contributed by atoms with van der Waals surface area (Å²) in [5, 5.41) is 14.2. The van der Waals surface area contributed by atoms with Crippen LogP contribution < -0.4 is 5.32 Å². The SMILES string of the molecule is CO[C@@H]1COC[C@@H](CNC(=O)Cn2ccc3ccccc32)[C@@H]1O. The first-order chi connectivity index (χ1) is 11.2. The molecule has 0 saturated carbocycles. The minimum absolute atomic E-state index is 0.0851. The van der Waals surface area contributed by atoms with E-state index >= 15 is 0 Å². The zero-order valence-corrected chi connectivity index (χ0v) is 13.1. The summed E-state index contributed by atoms with van der Waals surface area (Å²) in [5.74, 6) is -0.239. The molecule has 1 saturated heterocycles. The number of carbonyl (C=O) groups is 1. The third-order valence-corrected chi connectivity index (χ3v) is 4.34. The van der Waals surface area contributed by atoms with Crippen LogP contribution in [0.5, 0.6) is 0 Å². The molecule has 2 aromatic rings. The van der Waals surface area contributed by atoms with E-state index in [2.05, 4.69) is 5.32 Å². The summed E-state index contributed by atoms with van der Waals surface area (Å²) < 4.78 is 12.5. The molecular formula is C17H22N2O4. The second-order valence-electron chi connectivity index (χ2n) is 5.87. The van der Waals surface area contributed by atoms with E-state index in [4.69, 9.17) is 9.47 Å². The van der Waals surface area contributed by atoms with Gasteiger partial charge in [-0.05, 0) is 17.5 Å². The number of ether oxygens (including phenoxy) is 2. The highest BCUT2D eigenvalue weighted by Crippen LogP contribution is 2.17. The summed E-state index contributed by atoms with van der Waals surface area (Å²) in [5.41, 5.74) is 1.03. The van der Waals surface area contributed by atoms with Gasteiger partial charge in [0.05, 0.1) is 19.3 Å². The number of hydrogen-bond acceptors (Lipinski definition) is 4. The molecule has 23 heavy (non-hydrogen) atoms. The summed E-state index contributed by atoms with van der Waals surface area (Å²) in [7, 11) is 1.55. The van der Waals surface area contributed by atoms with Gasteiger partial charge in [0.25, 0.3) is 0 Å². The van der Waals surface area contributed by atoms with Crippen molar-refractivity contribution in [2.45, 2.75) is 18.8 Å². The molecule has 1 amide bonds. The average molecular weight is 318 g/mol. The number of hydrogen-bond donors (Lipinski definition) is 2. The molecule has 3 atom stereocenters. The number of aliphatic hydroxyl groups is 1. The Morgan fingerprint density at radius 1 is 1.39 bits per heavy atom. The number of methoxy groups -OCH3 is 1. The van der Waals surface area contributed by atoms with Crippen molar-refractivity contribution < 1.29 is 19.4 Å². The number of rotatable bonds is 5. The molecule has 1 aromatic carbocycles. The van der Waals surface area contributed by atoms with E-state index in [9.17, 15) is 9.90 Å². The number of nitrogens with one attached hydrogen (secondary N) is 1. The molecule has 6 nitrogen and oxygen atoms in total. The van der Waals surface area contributed by atoms with Crippen LogP contribution in [0.15, 0.2) is 36.5 Å². The zero-order valence-electron chi connectivity index (χ0n) is 13.1. The molecule has 0 spiro atoms. The molecule has 1 aliphatic rings. The zero-order chi connectivity index (χ0) is 16.2. The van der Waals surface area contributed by atoms with Crippen molar-refractivity contribution >= 4 is 16.8 Å². The number of carbonyl (C=O) groups excluding carboxylic acids is 1. The molecule has 1 fully saturated rings. The molecular weight excluding hydrogens is 296 g/mol. The number of fused-ring (bicyclic) bond motifs is 1. The van der Waals surface area contributed by atoms with Gasteiger partial charge in [-0.3, -0.25) is 4.79 Å². The highest BCUT2D eigenvalue weighted by Gasteiger charge is 2.32. The molecule has 0 unspecified atom stereocenters. The number of benzene rings is 1. The Morgan fingerprint density at radius 2 is 2.22 bits per heavy atom. The lowest BCUT2D eigenvalue weighted by atomic mass is 9.96. The van der Waals surface area contributed by atoms with Gasteiger partial charge >= 0.3 is 0 Å². The Kier molecular flexibility index (Phi) is 4.95. The Balaban J connectivity index is 1.55. The molecule has 124 valence electrons. The number of para-hydroxylation sites is 1. The summed E-state index contributed by atoms with van der Waals surface area (Å²) >= 11 is 0. The van der Waals surface area contributed by atoms with E-state index in [1.165, 1.54) is 0 Å². The summed E-state index contributed by atoms with van der Waals surface area (Å²) in [4.78, 5) is 12.2. The van der Waals surface area contributed by atoms with Gasteiger partial charge in [0, 0.05) is 31.3 Å². The summed E-state index contributed by atoms with van der Waals surface area (Å²) in [6, 6.07) is 9.93. The van der Waals surface area contributed by atoms with Crippen LogP contribution >= 0.6 is 0 Å². The Hall–Kier alpha value is -1.89. The van der Waals surface area contributed by atoms with Crippen molar-refractivity contribution in [2.24, 2.45) is 5.92 Å². The van der Waals surface area contributed by atoms with Gasteiger partial charge in [-0.25, -0.2) is 0 Å². The van der Waals surface area contributed by atoms with E-state index in [-0.39, 0.29) is 24.5 Å². The fourth-order valence-corrected chi connectivity index (χ4v) is 2.96. The van der Waals surface area contributed by atoms with Crippen LogP contribution in [-0.4, -0.2) is 54.7 Å². The molecule has 0 radical (unpaired) electrons. The van der Waals surface area contributed by atoms with Crippen LogP contribution in [0, 0.1) is 5.92 Å². The van der Waals surface area contributed by atoms with Crippen LogP contribution in [0.3, 0.4) is 0 Å². The van der Waals surface area contributed by atoms with E-state index in [0.717, 1.165) is 10.9 Å². The summed E-state index contributed by atoms with van der Waals surface area (Å²) in [6.45, 7) is 1.44. The normalized spacial score (nSPS) is 24.7. The van der Waals surface area contributed by atoms with Crippen LogP contribution in [0.25, 0.3) is 10.9 Å². The first kappa shape index (κ1) is 16.0. The number of aromatic nitrogens is 1. The first-order valence-corrected chi connectivity index (χ1v) is 7.78. The standard InChI is InChI=1S/C17H22N2O4/c1-22-15-11-23-10-13(17(15)21)8-18-16(20)9-19-7-6-12-4-2-3-5-14(12)19/h2-7,13,15,17,21H,8-11H2,1H3,(H,18,20)/t13-,15-,17+/m1/s1. The van der Waals surface area contributed by atoms with Gasteiger partial charge in [0.1, 0.15) is 12.6 Å². The monoisotopic (exact) mass is 318 g/mol. The predicted octanol–water partition coefficient (Wildman–Crippen LogP) is 0.780. The molecule has 6 heteroatoms. The van der Waals surface area contributed by atoms with Crippen molar-refractivity contribution in [3.8, 4) is 0 Å². The number of amides is 1. The molecule has 0 bridgehead atoms. The Morgan fingerprint density at radius 3 is 3.04 bits per heavy atom. The van der Waals surface area contributed by atoms with Crippen LogP contribution in [0.4, 0.5) is 0 Å². The third kappa shape index (κ3) is 3.55. The fraction of sp³-hybridized carbons (Fsp3) is 0.471. The maximum Gasteiger partial charge on any atom is 0.239 e. The lowest BCUT2D eigenvalue weighted by Gasteiger charge is -2.33. The van der Waals surface area contributed by atoms with E-state index in [1.807, 2.05) is 41.1 Å². The number of nitrogens with zero attached hydrogens (tertiary/aromatic N) is 1. The van der Waals surface area contributed by atoms with E-state index < -0.39 is 6.10 Å². The van der Waals surface area contributed by atoms with Crippen LogP contribution in [-0.2, 0) is 20.8 Å². The molecule has 1 aromatic heterocycles. The van der Waals surface area contributed by atoms with Gasteiger partial charge in [-0.2, -0.15) is 0 Å². The lowest BCUT2D eigenvalue weighted by Crippen LogP contribution is -2.49. The highest BCUT2D eigenvalue weighted by molar-refractivity contribution is 5.83. The smallest absolute Gasteiger partial charge is 0.239 e. The van der Waals surface area contributed by atoms with Gasteiger partial charge in [0.15, 0.2) is 0 Å². The first-order valence-electron chi connectivity index (χ1n) is 7.78. The topological polar surface area (TPSA) is 72.7 Å². The minimum Gasteiger partial charge on any atom is -0.390 e. The quantitative estimate of drug-likeness (QED) is 0.854. The maximum atomic E-state index is 12.2. The van der Waals surface area contributed by atoms with Gasteiger partial charge in [-0.1, -0.05) is 18.2 Å². The molecule has 2 N–H and O–H groups in total. The largest absolute Gasteiger partial charge is 0.390 e. The lowest BCUT2D eigenvalue weighted by molar-refractivity contribution is -0.136. The van der Waals surface area contributed by atoms with E-state index in [1.54, 1.807) is 7.11 Å². The van der Waals surface area contributed by atoms with Gasteiger partial charge < -0.3 is 24.5 Å². The van der Waals surface area contributed by atoms with Crippen molar-refractivity contribution in [3.05, 3.63) is 36.5 Å². The number of aliphatic hydroxyl groups excluding tert-OH is 1. The predicted molar refractivity (Wildman–Crippen MR) is 86.1 cm³/mol. The van der Waals surface area contributed by atoms with Gasteiger partial charge in [-0.15, -0.1) is 0 Å². The molecule has 0 aliphatic carbocycles.